The van der Waals surface area contributed by atoms with Gasteiger partial charge >= 0.3 is 0 Å². The molecule has 1 heterocycles. The van der Waals surface area contributed by atoms with E-state index in [4.69, 9.17) is 10.00 Å². The van der Waals surface area contributed by atoms with Crippen molar-refractivity contribution >= 4 is 5.91 Å². The van der Waals surface area contributed by atoms with Crippen molar-refractivity contribution in [2.45, 2.75) is 25.8 Å². The molecule has 0 atom stereocenters. The Morgan fingerprint density at radius 3 is 2.56 bits per heavy atom. The fraction of sp³-hybridized carbons (Fsp3) is 0.368. The topological polar surface area (TPSA) is 87.9 Å². The summed E-state index contributed by atoms with van der Waals surface area (Å²) in [4.78, 5) is 20.2. The molecule has 0 radical (unpaired) electrons. The first-order chi connectivity index (χ1) is 12.9. The average molecular weight is 370 g/mol. The van der Waals surface area contributed by atoms with Gasteiger partial charge in [-0.2, -0.15) is 5.26 Å². The number of rotatable bonds is 6. The number of amides is 1. The quantitative estimate of drug-likeness (QED) is 0.844. The van der Waals surface area contributed by atoms with Crippen LogP contribution in [0.2, 0.25) is 0 Å². The van der Waals surface area contributed by atoms with Crippen LogP contribution in [0, 0.1) is 33.8 Å². The van der Waals surface area contributed by atoms with Crippen LogP contribution in [0.25, 0.3) is 0 Å². The molecule has 6 nitrogen and oxygen atoms in total. The fourth-order valence-electron chi connectivity index (χ4n) is 4.18. The summed E-state index contributed by atoms with van der Waals surface area (Å²) in [5.74, 6) is -1.07. The van der Waals surface area contributed by atoms with Crippen LogP contribution >= 0.6 is 0 Å². The zero-order valence-corrected chi connectivity index (χ0v) is 14.3. The maximum Gasteiger partial charge on any atom is 0.226 e. The van der Waals surface area contributed by atoms with E-state index in [2.05, 4.69) is 15.3 Å². The molecule has 3 aliphatic carbocycles. The minimum Gasteiger partial charge on any atom is -0.477 e. The third-order valence-electron chi connectivity index (χ3n) is 5.28. The molecule has 3 aliphatic rings. The normalized spacial score (nSPS) is 24.9. The second kappa shape index (κ2) is 6.27. The fourth-order valence-corrected chi connectivity index (χ4v) is 4.18. The van der Waals surface area contributed by atoms with Crippen molar-refractivity contribution < 1.29 is 18.3 Å². The number of hydrogen-bond acceptors (Lipinski definition) is 5. The van der Waals surface area contributed by atoms with Crippen LogP contribution in [0.1, 0.15) is 30.5 Å². The summed E-state index contributed by atoms with van der Waals surface area (Å²) in [5, 5.41) is 11.6. The van der Waals surface area contributed by atoms with Crippen LogP contribution < -0.4 is 10.1 Å². The Balaban J connectivity index is 1.27. The van der Waals surface area contributed by atoms with Gasteiger partial charge in [0.2, 0.25) is 11.8 Å². The minimum atomic E-state index is -0.662. The van der Waals surface area contributed by atoms with Crippen LogP contribution in [-0.2, 0) is 11.3 Å². The second-order valence-electron chi connectivity index (χ2n) is 7.41. The standard InChI is InChI=1S/C19H16F2N4O2/c20-13-1-12(2-14(21)3-13)6-23-17(26)19-7-18(8-19,9-19)10-27-16-4-15(5-22)24-11-25-16/h1-4,11H,6-10H2,(H,23,26). The number of benzene rings is 1. The molecule has 0 aliphatic heterocycles. The molecule has 3 saturated carbocycles. The molecule has 1 aromatic heterocycles. The molecule has 8 heteroatoms. The predicted molar refractivity (Wildman–Crippen MR) is 89.2 cm³/mol. The Bertz CT molecular complexity index is 917. The summed E-state index contributed by atoms with van der Waals surface area (Å²) in [6.07, 6.45) is 3.40. The lowest BCUT2D eigenvalue weighted by atomic mass is 9.35. The van der Waals surface area contributed by atoms with Gasteiger partial charge < -0.3 is 10.1 Å². The van der Waals surface area contributed by atoms with Crippen molar-refractivity contribution in [3.63, 3.8) is 0 Å². The Morgan fingerprint density at radius 2 is 1.89 bits per heavy atom. The van der Waals surface area contributed by atoms with Gasteiger partial charge in [-0.25, -0.2) is 18.7 Å². The highest BCUT2D eigenvalue weighted by atomic mass is 19.1. The molecular formula is C19H16F2N4O2. The summed E-state index contributed by atoms with van der Waals surface area (Å²) in [6.45, 7) is 0.523. The van der Waals surface area contributed by atoms with Crippen LogP contribution in [0.3, 0.4) is 0 Å². The van der Waals surface area contributed by atoms with Gasteiger partial charge in [-0.05, 0) is 37.0 Å². The summed E-state index contributed by atoms with van der Waals surface area (Å²) in [5.41, 5.74) is 0.184. The Morgan fingerprint density at radius 1 is 1.19 bits per heavy atom. The van der Waals surface area contributed by atoms with Gasteiger partial charge in [-0.15, -0.1) is 0 Å². The summed E-state index contributed by atoms with van der Waals surface area (Å²) in [7, 11) is 0. The zero-order valence-electron chi connectivity index (χ0n) is 14.3. The van der Waals surface area contributed by atoms with E-state index in [1.807, 2.05) is 6.07 Å². The second-order valence-corrected chi connectivity index (χ2v) is 7.41. The minimum absolute atomic E-state index is 0.0416. The van der Waals surface area contributed by atoms with Gasteiger partial charge in [0, 0.05) is 24.1 Å². The molecule has 2 aromatic rings. The van der Waals surface area contributed by atoms with E-state index >= 15 is 0 Å². The Hall–Kier alpha value is -3.08. The van der Waals surface area contributed by atoms with Crippen LogP contribution in [0.15, 0.2) is 30.6 Å². The Labute approximate surface area is 154 Å². The van der Waals surface area contributed by atoms with Crippen molar-refractivity contribution in [3.05, 3.63) is 53.5 Å². The summed E-state index contributed by atoms with van der Waals surface area (Å²) < 4.78 is 32.1. The SMILES string of the molecule is N#Cc1cc(OCC23CC(C(=O)NCc4cc(F)cc(F)c4)(C2)C3)ncn1. The number of hydrogen-bond donors (Lipinski definition) is 1. The van der Waals surface area contributed by atoms with E-state index in [1.165, 1.54) is 24.5 Å². The summed E-state index contributed by atoms with van der Waals surface area (Å²) in [6, 6.07) is 6.62. The molecule has 0 saturated heterocycles. The molecule has 0 unspecified atom stereocenters. The number of nitrogens with one attached hydrogen (secondary N) is 1. The third kappa shape index (κ3) is 3.21. The molecule has 0 spiro atoms. The van der Waals surface area contributed by atoms with Gasteiger partial charge in [-0.1, -0.05) is 0 Å². The van der Waals surface area contributed by atoms with Crippen molar-refractivity contribution in [1.82, 2.24) is 15.3 Å². The van der Waals surface area contributed by atoms with Gasteiger partial charge in [-0.3, -0.25) is 4.79 Å². The van der Waals surface area contributed by atoms with Crippen LogP contribution in [0.4, 0.5) is 8.78 Å². The first kappa shape index (κ1) is 17.3. The number of nitriles is 1. The molecule has 1 amide bonds. The number of halogens is 2. The lowest BCUT2D eigenvalue weighted by Gasteiger charge is -2.68. The van der Waals surface area contributed by atoms with Crippen LogP contribution in [-0.4, -0.2) is 22.5 Å². The zero-order chi connectivity index (χ0) is 19.1. The highest BCUT2D eigenvalue weighted by Gasteiger charge is 2.71. The molecule has 3 fully saturated rings. The van der Waals surface area contributed by atoms with Gasteiger partial charge in [0.15, 0.2) is 0 Å². The number of ether oxygens (including phenoxy) is 1. The predicted octanol–water partition coefficient (Wildman–Crippen LogP) is 2.49. The average Bonchev–Trinajstić information content (AvgIpc) is 2.57. The molecule has 5 rings (SSSR count). The van der Waals surface area contributed by atoms with E-state index in [9.17, 15) is 13.6 Å². The highest BCUT2D eigenvalue weighted by Crippen LogP contribution is 2.73. The maximum atomic E-state index is 13.2. The lowest BCUT2D eigenvalue weighted by molar-refractivity contribution is -0.217. The van der Waals surface area contributed by atoms with E-state index in [0.717, 1.165) is 6.07 Å². The van der Waals surface area contributed by atoms with Crippen molar-refractivity contribution in [2.75, 3.05) is 6.61 Å². The van der Waals surface area contributed by atoms with Gasteiger partial charge in [0.05, 0.1) is 12.0 Å². The van der Waals surface area contributed by atoms with E-state index in [1.54, 1.807) is 0 Å². The van der Waals surface area contributed by atoms with E-state index in [-0.39, 0.29) is 23.6 Å². The largest absolute Gasteiger partial charge is 0.477 e. The van der Waals surface area contributed by atoms with Crippen molar-refractivity contribution in [1.29, 1.82) is 5.26 Å². The number of aromatic nitrogens is 2. The summed E-state index contributed by atoms with van der Waals surface area (Å²) >= 11 is 0. The molecular weight excluding hydrogens is 354 g/mol. The third-order valence-corrected chi connectivity index (χ3v) is 5.28. The molecule has 27 heavy (non-hydrogen) atoms. The monoisotopic (exact) mass is 370 g/mol. The van der Waals surface area contributed by atoms with Gasteiger partial charge in [0.25, 0.3) is 0 Å². The first-order valence-corrected chi connectivity index (χ1v) is 8.50. The van der Waals surface area contributed by atoms with Crippen LogP contribution in [0.5, 0.6) is 5.88 Å². The van der Waals surface area contributed by atoms with Crippen molar-refractivity contribution in [3.8, 4) is 11.9 Å². The molecule has 1 N–H and O–H groups in total. The maximum absolute atomic E-state index is 13.2. The first-order valence-electron chi connectivity index (χ1n) is 8.50. The number of carbonyl (C=O) groups excluding carboxylic acids is 1. The lowest BCUT2D eigenvalue weighted by Crippen LogP contribution is -2.69. The molecule has 2 bridgehead atoms. The molecule has 138 valence electrons. The number of nitrogens with zero attached hydrogens (tertiary/aromatic N) is 3. The smallest absolute Gasteiger partial charge is 0.226 e. The number of carbonyl (C=O) groups is 1. The molecule has 1 aromatic carbocycles. The van der Waals surface area contributed by atoms with Crippen molar-refractivity contribution in [2.24, 2.45) is 10.8 Å². The Kier molecular flexibility index (Phi) is 4.02. The van der Waals surface area contributed by atoms with E-state index in [0.29, 0.717) is 37.3 Å². The highest BCUT2D eigenvalue weighted by molar-refractivity contribution is 5.86. The van der Waals surface area contributed by atoms with E-state index < -0.39 is 17.0 Å². The van der Waals surface area contributed by atoms with Gasteiger partial charge in [0.1, 0.15) is 29.7 Å².